The molecule has 0 fully saturated rings. The second kappa shape index (κ2) is 5.44. The topological polar surface area (TPSA) is 85.1 Å². The molecule has 0 spiro atoms. The van der Waals surface area contributed by atoms with Crippen LogP contribution in [0.25, 0.3) is 21.8 Å². The first-order valence-electron chi connectivity index (χ1n) is 10.5. The van der Waals surface area contributed by atoms with Crippen molar-refractivity contribution in [1.29, 1.82) is 0 Å². The van der Waals surface area contributed by atoms with Crippen LogP contribution in [-0.2, 0) is 0 Å². The SMILES string of the molecule is CB1n2c3c4nccnc4c2N=c2c4ccccc4c(n21)=NC1=NC(=N3)c2ccccc21. The van der Waals surface area contributed by atoms with Crippen LogP contribution in [0.15, 0.2) is 80.9 Å². The fourth-order valence-electron chi connectivity index (χ4n) is 5.06. The van der Waals surface area contributed by atoms with Crippen LogP contribution in [0.1, 0.15) is 11.1 Å². The standard InChI is InChI=1S/C23H13BN8/c1-24-31-20-14-8-4-5-9-15(14)21(31)30-23-17-16(25-10-11-26-17)22(32(23)24)29-19-13-7-3-2-6-12(13)18(27-19)28-20/h2-11H,1H3. The number of nitrogens with zero attached hydrogens (tertiary/aromatic N) is 8. The molecule has 0 N–H and O–H groups in total. The minimum atomic E-state index is -0.111. The largest absolute Gasteiger partial charge is 0.386 e. The third kappa shape index (κ3) is 1.81. The smallest absolute Gasteiger partial charge is 0.334 e. The number of rotatable bonds is 0. The fraction of sp³-hybridized carbons (Fsp3) is 0.0435. The molecule has 2 aromatic carbocycles. The van der Waals surface area contributed by atoms with Gasteiger partial charge >= 0.3 is 6.98 Å². The minimum Gasteiger partial charge on any atom is -0.334 e. The third-order valence-corrected chi connectivity index (χ3v) is 6.45. The first-order chi connectivity index (χ1) is 15.8. The zero-order valence-corrected chi connectivity index (χ0v) is 16.9. The van der Waals surface area contributed by atoms with Crippen molar-refractivity contribution in [2.45, 2.75) is 6.82 Å². The molecule has 32 heavy (non-hydrogen) atoms. The molecule has 148 valence electrons. The van der Waals surface area contributed by atoms with Crippen LogP contribution in [0.4, 0.5) is 11.6 Å². The molecule has 0 saturated heterocycles. The number of aromatic nitrogens is 4. The van der Waals surface area contributed by atoms with E-state index in [0.717, 1.165) is 49.7 Å². The normalized spacial score (nSPS) is 15.2. The first-order valence-corrected chi connectivity index (χ1v) is 10.5. The van der Waals surface area contributed by atoms with Gasteiger partial charge in [0.15, 0.2) is 23.3 Å². The van der Waals surface area contributed by atoms with E-state index < -0.39 is 0 Å². The quantitative estimate of drug-likeness (QED) is 0.366. The van der Waals surface area contributed by atoms with Crippen molar-refractivity contribution in [3.05, 3.63) is 83.0 Å². The van der Waals surface area contributed by atoms with Gasteiger partial charge in [0.2, 0.25) is 0 Å². The molecule has 3 aliphatic heterocycles. The van der Waals surface area contributed by atoms with Crippen LogP contribution in [0.3, 0.4) is 0 Å². The Morgan fingerprint density at radius 3 is 1.88 bits per heavy atom. The summed E-state index contributed by atoms with van der Waals surface area (Å²) in [6.45, 7) is 2.03. The average Bonchev–Trinajstić information content (AvgIpc) is 3.45. The maximum absolute atomic E-state index is 5.09. The van der Waals surface area contributed by atoms with Gasteiger partial charge in [-0.3, -0.25) is 0 Å². The number of hydrogen-bond donors (Lipinski definition) is 0. The van der Waals surface area contributed by atoms with Crippen molar-refractivity contribution in [3.8, 4) is 0 Å². The second-order valence-corrected chi connectivity index (χ2v) is 8.11. The number of benzene rings is 2. The van der Waals surface area contributed by atoms with Gasteiger partial charge in [0, 0.05) is 34.3 Å². The molecule has 0 radical (unpaired) electrons. The molecule has 4 bridgehead atoms. The molecule has 8 nitrogen and oxygen atoms in total. The Morgan fingerprint density at radius 2 is 1.19 bits per heavy atom. The van der Waals surface area contributed by atoms with Gasteiger partial charge in [-0.15, -0.1) is 0 Å². The number of fused-ring (bicyclic) bond motifs is 10. The Balaban J connectivity index is 1.69. The summed E-state index contributed by atoms with van der Waals surface area (Å²) in [6.07, 6.45) is 3.40. The van der Waals surface area contributed by atoms with Crippen molar-refractivity contribution in [3.63, 3.8) is 0 Å². The highest BCUT2D eigenvalue weighted by Gasteiger charge is 2.34. The van der Waals surface area contributed by atoms with Gasteiger partial charge in [-0.25, -0.2) is 29.9 Å². The number of amidine groups is 2. The lowest BCUT2D eigenvalue weighted by Gasteiger charge is -2.20. The van der Waals surface area contributed by atoms with Crippen molar-refractivity contribution >= 4 is 52.1 Å². The van der Waals surface area contributed by atoms with E-state index in [9.17, 15) is 0 Å². The zero-order chi connectivity index (χ0) is 21.0. The maximum atomic E-state index is 5.09. The molecule has 0 amide bonds. The van der Waals surface area contributed by atoms with Gasteiger partial charge in [-0.2, -0.15) is 0 Å². The van der Waals surface area contributed by atoms with Crippen LogP contribution in [0, 0.1) is 0 Å². The highest BCUT2D eigenvalue weighted by atomic mass is 15.3. The molecule has 6 heterocycles. The molecule has 0 saturated carbocycles. The average molecular weight is 412 g/mol. The van der Waals surface area contributed by atoms with Crippen molar-refractivity contribution < 1.29 is 0 Å². The van der Waals surface area contributed by atoms with Crippen LogP contribution < -0.4 is 11.0 Å². The lowest BCUT2D eigenvalue weighted by atomic mass is 9.78. The minimum absolute atomic E-state index is 0.111. The Kier molecular flexibility index (Phi) is 2.78. The molecule has 3 aromatic heterocycles. The van der Waals surface area contributed by atoms with E-state index in [1.54, 1.807) is 12.4 Å². The Bertz CT molecular complexity index is 1860. The van der Waals surface area contributed by atoms with E-state index in [4.69, 9.17) is 20.0 Å². The van der Waals surface area contributed by atoms with Crippen molar-refractivity contribution in [1.82, 2.24) is 18.9 Å². The lowest BCUT2D eigenvalue weighted by molar-refractivity contribution is 0.919. The summed E-state index contributed by atoms with van der Waals surface area (Å²) < 4.78 is 4.27. The maximum Gasteiger partial charge on any atom is 0.386 e. The summed E-state index contributed by atoms with van der Waals surface area (Å²) in [4.78, 5) is 29.3. The first kappa shape index (κ1) is 16.3. The molecule has 3 aliphatic rings. The second-order valence-electron chi connectivity index (χ2n) is 8.11. The summed E-state index contributed by atoms with van der Waals surface area (Å²) in [6, 6.07) is 16.3. The highest BCUT2D eigenvalue weighted by Crippen LogP contribution is 2.38. The fourth-order valence-corrected chi connectivity index (χ4v) is 5.06. The predicted octanol–water partition coefficient (Wildman–Crippen LogP) is 2.64. The summed E-state index contributed by atoms with van der Waals surface area (Å²) in [5, 5.41) is 2.10. The Morgan fingerprint density at radius 1 is 0.625 bits per heavy atom. The Labute approximate surface area is 181 Å². The molecule has 9 heteroatoms. The van der Waals surface area contributed by atoms with E-state index in [-0.39, 0.29) is 6.98 Å². The van der Waals surface area contributed by atoms with Crippen LogP contribution in [0.5, 0.6) is 0 Å². The molecular formula is C23H13BN8. The van der Waals surface area contributed by atoms with Gasteiger partial charge in [-0.1, -0.05) is 48.5 Å². The van der Waals surface area contributed by atoms with Crippen molar-refractivity contribution in [2.75, 3.05) is 0 Å². The van der Waals surface area contributed by atoms with Crippen LogP contribution in [-0.4, -0.2) is 37.6 Å². The lowest BCUT2D eigenvalue weighted by Crippen LogP contribution is -2.46. The monoisotopic (exact) mass is 412 g/mol. The highest BCUT2D eigenvalue weighted by molar-refractivity contribution is 6.56. The van der Waals surface area contributed by atoms with Gasteiger partial charge in [0.25, 0.3) is 0 Å². The van der Waals surface area contributed by atoms with Crippen LogP contribution in [0.2, 0.25) is 6.82 Å². The summed E-state index contributed by atoms with van der Waals surface area (Å²) >= 11 is 0. The zero-order valence-electron chi connectivity index (χ0n) is 16.9. The van der Waals surface area contributed by atoms with E-state index in [1.807, 2.05) is 36.4 Å². The van der Waals surface area contributed by atoms with Gasteiger partial charge < -0.3 is 8.96 Å². The van der Waals surface area contributed by atoms with E-state index in [0.29, 0.717) is 17.5 Å². The summed E-state index contributed by atoms with van der Waals surface area (Å²) in [5.74, 6) is 2.78. The Hall–Kier alpha value is -4.40. The summed E-state index contributed by atoms with van der Waals surface area (Å²) in [7, 11) is 0. The van der Waals surface area contributed by atoms with E-state index >= 15 is 0 Å². The van der Waals surface area contributed by atoms with Gasteiger partial charge in [-0.05, 0) is 6.82 Å². The van der Waals surface area contributed by atoms with E-state index in [1.165, 1.54) is 0 Å². The molecular weight excluding hydrogens is 399 g/mol. The van der Waals surface area contributed by atoms with Crippen molar-refractivity contribution in [2.24, 2.45) is 20.0 Å². The summed E-state index contributed by atoms with van der Waals surface area (Å²) in [5.41, 5.74) is 5.12. The van der Waals surface area contributed by atoms with Crippen LogP contribution >= 0.6 is 0 Å². The molecule has 5 aromatic rings. The number of hydrogen-bond acceptors (Lipinski definition) is 6. The molecule has 0 aliphatic carbocycles. The molecule has 0 unspecified atom stereocenters. The molecule has 8 rings (SSSR count). The van der Waals surface area contributed by atoms with E-state index in [2.05, 4.69) is 37.9 Å². The predicted molar refractivity (Wildman–Crippen MR) is 123 cm³/mol. The van der Waals surface area contributed by atoms with Gasteiger partial charge in [0.05, 0.1) is 0 Å². The number of aliphatic imine (C=N–C) groups is 2. The van der Waals surface area contributed by atoms with Gasteiger partial charge in [0.1, 0.15) is 22.0 Å². The third-order valence-electron chi connectivity index (χ3n) is 6.45. The molecule has 0 atom stereocenters.